The standard InChI is InChI=1S/C28H27Cl2F3N2O8/c1-34-24(41)26(29)12-17-14(7-8-15-20(17)23(40)35(22(15)39)10-4-2-3-5-19(37)38)21(27(26,30)25(34)42)16-11-13(6-9-18(16)36)43-28(31,32)33/h6-7,9,11,15,17,20-21,36H,2-5,8,10,12H2,1H3,(H,37,38). The molecule has 4 aliphatic rings. The molecule has 0 aromatic heterocycles. The first kappa shape index (κ1) is 31.1. The van der Waals surface area contributed by atoms with Crippen LogP contribution in [-0.4, -0.2) is 79.3 Å². The third-order valence-corrected chi connectivity index (χ3v) is 10.3. The van der Waals surface area contributed by atoms with Crippen LogP contribution < -0.4 is 4.74 Å². The minimum atomic E-state index is -5.08. The number of imide groups is 2. The van der Waals surface area contributed by atoms with E-state index in [1.807, 2.05) is 0 Å². The molecule has 10 nitrogen and oxygen atoms in total. The molecule has 2 saturated heterocycles. The summed E-state index contributed by atoms with van der Waals surface area (Å²) in [4.78, 5) is 62.3. The number of benzene rings is 1. The van der Waals surface area contributed by atoms with E-state index in [9.17, 15) is 42.3 Å². The number of hydrogen-bond donors (Lipinski definition) is 2. The maximum Gasteiger partial charge on any atom is 0.573 e. The molecular formula is C28H27Cl2F3N2O8. The zero-order chi connectivity index (χ0) is 31.6. The fraction of sp³-hybridized carbons (Fsp3) is 0.536. The summed E-state index contributed by atoms with van der Waals surface area (Å²) in [6, 6.07) is 2.67. The van der Waals surface area contributed by atoms with Crippen molar-refractivity contribution in [3.05, 3.63) is 35.4 Å². The average Bonchev–Trinajstić information content (AvgIpc) is 3.23. The molecule has 5 rings (SSSR count). The van der Waals surface area contributed by atoms with Gasteiger partial charge in [-0.05, 0) is 49.8 Å². The van der Waals surface area contributed by atoms with E-state index in [0.29, 0.717) is 24.8 Å². The summed E-state index contributed by atoms with van der Waals surface area (Å²) in [7, 11) is 1.16. The smallest absolute Gasteiger partial charge is 0.508 e. The van der Waals surface area contributed by atoms with Crippen molar-refractivity contribution in [1.82, 2.24) is 9.80 Å². The first-order valence-corrected chi connectivity index (χ1v) is 14.3. The number of alkyl halides is 5. The summed E-state index contributed by atoms with van der Waals surface area (Å²) in [6.07, 6.45) is -2.62. The number of carbonyl (C=O) groups is 5. The zero-order valence-corrected chi connectivity index (χ0v) is 24.2. The highest BCUT2D eigenvalue weighted by atomic mass is 35.5. The van der Waals surface area contributed by atoms with Crippen LogP contribution >= 0.6 is 23.2 Å². The summed E-state index contributed by atoms with van der Waals surface area (Å²) in [5.41, 5.74) is 0.0348. The van der Waals surface area contributed by atoms with Crippen molar-refractivity contribution >= 4 is 52.8 Å². The second kappa shape index (κ2) is 10.7. The molecule has 43 heavy (non-hydrogen) atoms. The number of likely N-dealkylation sites (tertiary alicyclic amines) is 2. The first-order valence-electron chi connectivity index (χ1n) is 13.6. The molecule has 6 unspecified atom stereocenters. The molecule has 4 amide bonds. The molecule has 2 aliphatic heterocycles. The molecule has 0 radical (unpaired) electrons. The largest absolute Gasteiger partial charge is 0.573 e. The Morgan fingerprint density at radius 1 is 1.07 bits per heavy atom. The first-order chi connectivity index (χ1) is 20.0. The summed E-state index contributed by atoms with van der Waals surface area (Å²) < 4.78 is 43.3. The second-order valence-electron chi connectivity index (χ2n) is 11.3. The number of allylic oxidation sites excluding steroid dienone is 2. The number of phenolic OH excluding ortho intramolecular Hbond substituents is 1. The van der Waals surface area contributed by atoms with E-state index in [4.69, 9.17) is 28.3 Å². The van der Waals surface area contributed by atoms with Crippen molar-refractivity contribution in [2.75, 3.05) is 13.6 Å². The molecule has 1 aromatic carbocycles. The summed E-state index contributed by atoms with van der Waals surface area (Å²) in [6.45, 7) is 0.0546. The zero-order valence-electron chi connectivity index (χ0n) is 22.7. The normalized spacial score (nSPS) is 32.0. The molecule has 1 aromatic rings. The Bertz CT molecular complexity index is 1450. The highest BCUT2D eigenvalue weighted by Gasteiger charge is 2.76. The van der Waals surface area contributed by atoms with Gasteiger partial charge in [0.2, 0.25) is 11.8 Å². The fourth-order valence-corrected chi connectivity index (χ4v) is 8.07. The van der Waals surface area contributed by atoms with E-state index >= 15 is 0 Å². The Balaban J connectivity index is 1.56. The fourth-order valence-electron chi connectivity index (χ4n) is 7.06. The highest BCUT2D eigenvalue weighted by molar-refractivity contribution is 6.53. The van der Waals surface area contributed by atoms with Crippen molar-refractivity contribution in [3.8, 4) is 11.5 Å². The predicted octanol–water partition coefficient (Wildman–Crippen LogP) is 3.92. The van der Waals surface area contributed by atoms with Crippen LogP contribution in [0.4, 0.5) is 13.2 Å². The molecule has 3 fully saturated rings. The number of carbonyl (C=O) groups excluding carboxylic acids is 4. The van der Waals surface area contributed by atoms with Crippen LogP contribution in [0.2, 0.25) is 0 Å². The number of carboxylic acid groups (broad SMARTS) is 1. The lowest BCUT2D eigenvalue weighted by molar-refractivity contribution is -0.274. The molecule has 2 heterocycles. The number of fused-ring (bicyclic) bond motifs is 4. The average molecular weight is 647 g/mol. The van der Waals surface area contributed by atoms with Gasteiger partial charge in [-0.15, -0.1) is 36.4 Å². The number of halogens is 5. The second-order valence-corrected chi connectivity index (χ2v) is 12.5. The summed E-state index contributed by atoms with van der Waals surface area (Å²) in [5, 5.41) is 19.7. The quantitative estimate of drug-likeness (QED) is 0.187. The van der Waals surface area contributed by atoms with Gasteiger partial charge >= 0.3 is 12.3 Å². The maximum absolute atomic E-state index is 13.7. The number of hydrogen-bond acceptors (Lipinski definition) is 7. The molecule has 2 N–H and O–H groups in total. The Hall–Kier alpha value is -3.32. The van der Waals surface area contributed by atoms with Gasteiger partial charge in [0.05, 0.1) is 11.8 Å². The van der Waals surface area contributed by atoms with Gasteiger partial charge in [-0.2, -0.15) is 0 Å². The molecule has 1 saturated carbocycles. The van der Waals surface area contributed by atoms with Crippen LogP contribution in [0.1, 0.15) is 50.0 Å². The van der Waals surface area contributed by atoms with Crippen molar-refractivity contribution < 1.29 is 52.1 Å². The monoisotopic (exact) mass is 646 g/mol. The van der Waals surface area contributed by atoms with Gasteiger partial charge in [0, 0.05) is 31.5 Å². The Kier molecular flexibility index (Phi) is 7.73. The lowest BCUT2D eigenvalue weighted by Crippen LogP contribution is -2.60. The van der Waals surface area contributed by atoms with Crippen LogP contribution in [0, 0.1) is 17.8 Å². The Labute approximate surface area is 253 Å². The Morgan fingerprint density at radius 3 is 2.42 bits per heavy atom. The van der Waals surface area contributed by atoms with Crippen LogP contribution in [-0.2, 0) is 24.0 Å². The third kappa shape index (κ3) is 4.84. The number of carboxylic acids is 1. The van der Waals surface area contributed by atoms with E-state index in [-0.39, 0.29) is 31.4 Å². The van der Waals surface area contributed by atoms with Crippen LogP contribution in [0.25, 0.3) is 0 Å². The number of phenols is 1. The number of aromatic hydroxyl groups is 1. The van der Waals surface area contributed by atoms with Crippen LogP contribution in [0.3, 0.4) is 0 Å². The Morgan fingerprint density at radius 2 is 1.77 bits per heavy atom. The van der Waals surface area contributed by atoms with E-state index in [2.05, 4.69) is 4.74 Å². The van der Waals surface area contributed by atoms with Crippen molar-refractivity contribution in [1.29, 1.82) is 0 Å². The number of rotatable bonds is 8. The number of ether oxygens (including phenoxy) is 1. The van der Waals surface area contributed by atoms with Gasteiger partial charge in [-0.3, -0.25) is 33.8 Å². The summed E-state index contributed by atoms with van der Waals surface area (Å²) in [5.74, 6) is -9.21. The van der Waals surface area contributed by atoms with Gasteiger partial charge in [-0.25, -0.2) is 0 Å². The molecule has 0 spiro atoms. The maximum atomic E-state index is 13.7. The van der Waals surface area contributed by atoms with Crippen molar-refractivity contribution in [2.24, 2.45) is 17.8 Å². The molecular weight excluding hydrogens is 620 g/mol. The van der Waals surface area contributed by atoms with Crippen molar-refractivity contribution in [3.63, 3.8) is 0 Å². The van der Waals surface area contributed by atoms with E-state index in [0.717, 1.165) is 35.0 Å². The van der Waals surface area contributed by atoms with E-state index in [1.165, 1.54) is 0 Å². The van der Waals surface area contributed by atoms with Crippen LogP contribution in [0.5, 0.6) is 11.5 Å². The lowest BCUT2D eigenvalue weighted by atomic mass is 9.56. The van der Waals surface area contributed by atoms with Gasteiger partial charge in [-0.1, -0.05) is 18.1 Å². The highest BCUT2D eigenvalue weighted by Crippen LogP contribution is 2.66. The van der Waals surface area contributed by atoms with E-state index < -0.39 is 80.9 Å². The molecule has 2 aliphatic carbocycles. The topological polar surface area (TPSA) is 142 Å². The van der Waals surface area contributed by atoms with E-state index in [1.54, 1.807) is 6.08 Å². The molecule has 15 heteroatoms. The minimum Gasteiger partial charge on any atom is -0.508 e. The van der Waals surface area contributed by atoms with Gasteiger partial charge < -0.3 is 14.9 Å². The summed E-state index contributed by atoms with van der Waals surface area (Å²) >= 11 is 14.0. The van der Waals surface area contributed by atoms with Crippen molar-refractivity contribution in [2.45, 2.75) is 60.6 Å². The molecule has 0 bridgehead atoms. The minimum absolute atomic E-state index is 0.0345. The number of amides is 4. The number of unbranched alkanes of at least 4 members (excludes halogenated alkanes) is 2. The van der Waals surface area contributed by atoms with Gasteiger partial charge in [0.15, 0.2) is 9.75 Å². The number of aliphatic carboxylic acids is 1. The van der Waals surface area contributed by atoms with Crippen LogP contribution in [0.15, 0.2) is 29.8 Å². The molecule has 6 atom stereocenters. The molecule has 232 valence electrons. The number of nitrogens with zero attached hydrogens (tertiary/aromatic N) is 2. The van der Waals surface area contributed by atoms with Gasteiger partial charge in [0.1, 0.15) is 11.5 Å². The SMILES string of the molecule is CN1C(=O)C2(Cl)CC3C(=CCC4C(=O)N(CCCCCC(=O)O)C(=O)C43)C(c3cc(OC(F)(F)F)ccc3O)C2(Cl)C1=O. The van der Waals surface area contributed by atoms with Gasteiger partial charge in [0.25, 0.3) is 11.8 Å². The third-order valence-electron chi connectivity index (χ3n) is 8.92. The lowest BCUT2D eigenvalue weighted by Gasteiger charge is -2.50. The predicted molar refractivity (Wildman–Crippen MR) is 143 cm³/mol.